The van der Waals surface area contributed by atoms with Gasteiger partial charge in [0.1, 0.15) is 6.04 Å². The molecule has 2 N–H and O–H groups in total. The number of carboxylic acid groups (broad SMARTS) is 1. The van der Waals surface area contributed by atoms with E-state index in [2.05, 4.69) is 24.4 Å². The predicted octanol–water partition coefficient (Wildman–Crippen LogP) is 5.87. The third-order valence-corrected chi connectivity index (χ3v) is 5.08. The minimum atomic E-state index is -1.10. The van der Waals surface area contributed by atoms with Crippen molar-refractivity contribution in [2.24, 2.45) is 0 Å². The van der Waals surface area contributed by atoms with E-state index >= 15 is 0 Å². The molecule has 0 rings (SSSR count). The number of carbonyl (C=O) groups excluding carboxylic acids is 2. The lowest BCUT2D eigenvalue weighted by Gasteiger charge is -2.12. The standard InChI is InChI=1S/C24H42NO4/c1-2-3-4-5-6-7-8-9-10-11-12-13-14-15-16-17-20-23(27)25-22(24(28)29)19-18-21-26/h9-10,22H,2-8,11-20H2,1H3,(H,25,27)(H,28,29)/b10-9-/t22-/m0/s1. The van der Waals surface area contributed by atoms with Gasteiger partial charge in [0, 0.05) is 12.8 Å². The van der Waals surface area contributed by atoms with Gasteiger partial charge in [-0.05, 0) is 38.5 Å². The van der Waals surface area contributed by atoms with Gasteiger partial charge in [-0.3, -0.25) is 9.59 Å². The van der Waals surface area contributed by atoms with Gasteiger partial charge in [0.25, 0.3) is 0 Å². The lowest BCUT2D eigenvalue weighted by atomic mass is 10.1. The summed E-state index contributed by atoms with van der Waals surface area (Å²) >= 11 is 0. The third kappa shape index (κ3) is 19.4. The van der Waals surface area contributed by atoms with Gasteiger partial charge in [-0.2, -0.15) is 0 Å². The number of carbonyl (C=O) groups is 2. The molecule has 0 aromatic carbocycles. The maximum atomic E-state index is 11.8. The lowest BCUT2D eigenvalue weighted by molar-refractivity contribution is -0.142. The molecule has 0 aliphatic rings. The molecule has 167 valence electrons. The number of rotatable bonds is 21. The molecule has 0 aromatic heterocycles. The number of allylic oxidation sites excluding steroid dienone is 2. The fourth-order valence-electron chi connectivity index (χ4n) is 3.26. The summed E-state index contributed by atoms with van der Waals surface area (Å²) in [6, 6.07) is -0.988. The van der Waals surface area contributed by atoms with E-state index in [-0.39, 0.29) is 18.7 Å². The molecule has 0 saturated heterocycles. The maximum absolute atomic E-state index is 11.8. The summed E-state index contributed by atoms with van der Waals surface area (Å²) in [4.78, 5) is 33.0. The van der Waals surface area contributed by atoms with Crippen LogP contribution in [0, 0.1) is 0 Å². The highest BCUT2D eigenvalue weighted by Gasteiger charge is 2.18. The first kappa shape index (κ1) is 27.4. The number of amides is 1. The van der Waals surface area contributed by atoms with E-state index in [1.54, 1.807) is 6.29 Å². The second-order valence-corrected chi connectivity index (χ2v) is 7.83. The maximum Gasteiger partial charge on any atom is 0.326 e. The van der Waals surface area contributed by atoms with Crippen LogP contribution in [-0.2, 0) is 14.4 Å². The normalized spacial score (nSPS) is 12.2. The molecule has 1 amide bonds. The largest absolute Gasteiger partial charge is 0.480 e. The van der Waals surface area contributed by atoms with Crippen molar-refractivity contribution in [2.45, 2.75) is 122 Å². The highest BCUT2D eigenvalue weighted by Crippen LogP contribution is 2.10. The Bertz CT molecular complexity index is 448. The Morgan fingerprint density at radius 3 is 1.90 bits per heavy atom. The zero-order valence-electron chi connectivity index (χ0n) is 18.4. The van der Waals surface area contributed by atoms with Crippen LogP contribution in [0.4, 0.5) is 0 Å². The molecule has 0 unspecified atom stereocenters. The van der Waals surface area contributed by atoms with Crippen LogP contribution >= 0.6 is 0 Å². The molecule has 1 atom stereocenters. The van der Waals surface area contributed by atoms with Crippen LogP contribution in [0.1, 0.15) is 116 Å². The van der Waals surface area contributed by atoms with Crippen molar-refractivity contribution >= 4 is 18.2 Å². The molecule has 0 bridgehead atoms. The van der Waals surface area contributed by atoms with Crippen LogP contribution in [0.15, 0.2) is 12.2 Å². The summed E-state index contributed by atoms with van der Waals surface area (Å²) in [6.07, 6.45) is 23.7. The monoisotopic (exact) mass is 408 g/mol. The Kier molecular flexibility index (Phi) is 19.9. The first-order chi connectivity index (χ1) is 14.1. The summed E-state index contributed by atoms with van der Waals surface area (Å²) in [6.45, 7) is 2.25. The van der Waals surface area contributed by atoms with E-state index in [0.29, 0.717) is 6.42 Å². The fraction of sp³-hybridized carbons (Fsp3) is 0.792. The Morgan fingerprint density at radius 1 is 0.862 bits per heavy atom. The van der Waals surface area contributed by atoms with Crippen LogP contribution < -0.4 is 5.32 Å². The van der Waals surface area contributed by atoms with Crippen molar-refractivity contribution in [1.82, 2.24) is 5.32 Å². The molecule has 0 aromatic rings. The van der Waals surface area contributed by atoms with Crippen LogP contribution in [0.3, 0.4) is 0 Å². The second-order valence-electron chi connectivity index (χ2n) is 7.83. The number of hydrogen-bond donors (Lipinski definition) is 2. The molecule has 0 heterocycles. The first-order valence-electron chi connectivity index (χ1n) is 11.6. The van der Waals surface area contributed by atoms with Crippen molar-refractivity contribution in [3.63, 3.8) is 0 Å². The molecular formula is C24H42NO4. The predicted molar refractivity (Wildman–Crippen MR) is 119 cm³/mol. The summed E-state index contributed by atoms with van der Waals surface area (Å²) in [7, 11) is 0. The van der Waals surface area contributed by atoms with Crippen molar-refractivity contribution in [1.29, 1.82) is 0 Å². The quantitative estimate of drug-likeness (QED) is 0.184. The van der Waals surface area contributed by atoms with Crippen molar-refractivity contribution in [2.75, 3.05) is 0 Å². The number of nitrogens with one attached hydrogen (secondary N) is 1. The average molecular weight is 409 g/mol. The molecule has 5 nitrogen and oxygen atoms in total. The van der Waals surface area contributed by atoms with Crippen LogP contribution in [0.2, 0.25) is 0 Å². The summed E-state index contributed by atoms with van der Waals surface area (Å²) in [5.74, 6) is -1.35. The highest BCUT2D eigenvalue weighted by molar-refractivity contribution is 5.83. The minimum absolute atomic E-state index is 0.0193. The van der Waals surface area contributed by atoms with Crippen molar-refractivity contribution < 1.29 is 19.5 Å². The topological polar surface area (TPSA) is 83.5 Å². The minimum Gasteiger partial charge on any atom is -0.480 e. The second kappa shape index (κ2) is 21.1. The van der Waals surface area contributed by atoms with E-state index in [4.69, 9.17) is 5.11 Å². The summed E-state index contributed by atoms with van der Waals surface area (Å²) in [5, 5.41) is 11.5. The number of hydrogen-bond acceptors (Lipinski definition) is 3. The molecule has 0 aliphatic heterocycles. The molecule has 0 fully saturated rings. The molecule has 0 aliphatic carbocycles. The molecule has 29 heavy (non-hydrogen) atoms. The third-order valence-electron chi connectivity index (χ3n) is 5.08. The number of unbranched alkanes of at least 4 members (excludes halogenated alkanes) is 12. The molecule has 0 spiro atoms. The van der Waals surface area contributed by atoms with E-state index in [1.807, 2.05) is 0 Å². The summed E-state index contributed by atoms with van der Waals surface area (Å²) < 4.78 is 0. The van der Waals surface area contributed by atoms with E-state index in [1.165, 1.54) is 64.2 Å². The Morgan fingerprint density at radius 2 is 1.38 bits per heavy atom. The zero-order valence-corrected chi connectivity index (χ0v) is 18.4. The van der Waals surface area contributed by atoms with E-state index < -0.39 is 12.0 Å². The highest BCUT2D eigenvalue weighted by atomic mass is 16.4. The number of carboxylic acids is 1. The number of aliphatic carboxylic acids is 1. The van der Waals surface area contributed by atoms with Gasteiger partial charge >= 0.3 is 5.97 Å². The van der Waals surface area contributed by atoms with Gasteiger partial charge in [-0.1, -0.05) is 76.9 Å². The van der Waals surface area contributed by atoms with Crippen LogP contribution in [0.25, 0.3) is 0 Å². The van der Waals surface area contributed by atoms with Gasteiger partial charge in [0.05, 0.1) is 0 Å². The van der Waals surface area contributed by atoms with Crippen LogP contribution in [-0.4, -0.2) is 29.3 Å². The fourth-order valence-corrected chi connectivity index (χ4v) is 3.26. The average Bonchev–Trinajstić information content (AvgIpc) is 2.70. The van der Waals surface area contributed by atoms with Gasteiger partial charge in [0.2, 0.25) is 5.91 Å². The van der Waals surface area contributed by atoms with Gasteiger partial charge < -0.3 is 10.4 Å². The van der Waals surface area contributed by atoms with Gasteiger partial charge in [-0.15, -0.1) is 0 Å². The Balaban J connectivity index is 3.45. The smallest absolute Gasteiger partial charge is 0.326 e. The van der Waals surface area contributed by atoms with Crippen LogP contribution in [0.5, 0.6) is 0 Å². The molecule has 5 heteroatoms. The van der Waals surface area contributed by atoms with Crippen molar-refractivity contribution in [3.8, 4) is 0 Å². The molecule has 1 radical (unpaired) electrons. The molecular weight excluding hydrogens is 366 g/mol. The lowest BCUT2D eigenvalue weighted by Crippen LogP contribution is -2.40. The van der Waals surface area contributed by atoms with E-state index in [0.717, 1.165) is 25.7 Å². The Hall–Kier alpha value is -1.65. The summed E-state index contributed by atoms with van der Waals surface area (Å²) in [5.41, 5.74) is 0. The molecule has 0 saturated carbocycles. The van der Waals surface area contributed by atoms with Gasteiger partial charge in [0.15, 0.2) is 6.29 Å². The Labute approximate surface area is 177 Å². The SMILES string of the molecule is CCCCCCCC/C=C\CCCCCCCCC(=O)N[C@@H](CC[C]=O)C(=O)O. The van der Waals surface area contributed by atoms with Crippen molar-refractivity contribution in [3.05, 3.63) is 12.2 Å². The van der Waals surface area contributed by atoms with E-state index in [9.17, 15) is 14.4 Å². The first-order valence-corrected chi connectivity index (χ1v) is 11.6. The zero-order chi connectivity index (χ0) is 21.6. The van der Waals surface area contributed by atoms with Gasteiger partial charge in [-0.25, -0.2) is 4.79 Å².